The fourth-order valence-electron chi connectivity index (χ4n) is 2.94. The number of carbonyl (C=O) groups excluding carboxylic acids is 1. The van der Waals surface area contributed by atoms with Crippen LogP contribution < -0.4 is 0 Å². The van der Waals surface area contributed by atoms with E-state index in [0.717, 1.165) is 21.9 Å². The topological polar surface area (TPSA) is 29.4 Å². The first kappa shape index (κ1) is 12.6. The van der Waals surface area contributed by atoms with E-state index in [-0.39, 0.29) is 5.91 Å². The van der Waals surface area contributed by atoms with Crippen LogP contribution in [0.3, 0.4) is 0 Å². The van der Waals surface area contributed by atoms with Crippen molar-refractivity contribution in [3.63, 3.8) is 0 Å². The summed E-state index contributed by atoms with van der Waals surface area (Å²) in [5.41, 5.74) is 6.69. The van der Waals surface area contributed by atoms with Crippen molar-refractivity contribution >= 4 is 33.9 Å². The van der Waals surface area contributed by atoms with Gasteiger partial charge in [-0.3, -0.25) is 4.79 Å². The highest BCUT2D eigenvalue weighted by atomic mass is 32.2. The third-order valence-corrected chi connectivity index (χ3v) is 4.97. The Bertz CT molecular complexity index is 833. The lowest BCUT2D eigenvalue weighted by Crippen LogP contribution is -2.11. The fraction of sp³-hybridized carbons (Fsp3) is 0.111. The first-order valence-electron chi connectivity index (χ1n) is 6.90. The molecule has 2 aliphatic heterocycles. The molecule has 0 aromatic heterocycles. The molecule has 2 heterocycles. The number of aryl methyl sites for hydroxylation is 1. The van der Waals surface area contributed by atoms with Gasteiger partial charge in [-0.25, -0.2) is 4.99 Å². The van der Waals surface area contributed by atoms with Crippen molar-refractivity contribution in [1.29, 1.82) is 0 Å². The minimum absolute atomic E-state index is 0.122. The molecule has 0 aliphatic carbocycles. The molecule has 0 bridgehead atoms. The third kappa shape index (κ3) is 1.88. The molecule has 0 radical (unpaired) electrons. The molecule has 0 unspecified atom stereocenters. The van der Waals surface area contributed by atoms with E-state index in [1.807, 2.05) is 24.3 Å². The van der Waals surface area contributed by atoms with Crippen LogP contribution in [0.25, 0.3) is 11.1 Å². The number of nitrogens with zero attached hydrogens (tertiary/aromatic N) is 1. The van der Waals surface area contributed by atoms with E-state index in [4.69, 9.17) is 0 Å². The Hall–Kier alpha value is -2.13. The van der Waals surface area contributed by atoms with Gasteiger partial charge in [-0.2, -0.15) is 0 Å². The number of benzene rings is 2. The highest BCUT2D eigenvalue weighted by Crippen LogP contribution is 2.44. The molecule has 21 heavy (non-hydrogen) atoms. The number of hydrogen-bond acceptors (Lipinski definition) is 2. The van der Waals surface area contributed by atoms with Crippen LogP contribution in [0.4, 0.5) is 0 Å². The molecule has 2 aliphatic rings. The molecule has 2 aromatic rings. The van der Waals surface area contributed by atoms with Gasteiger partial charge in [-0.05, 0) is 35.3 Å². The summed E-state index contributed by atoms with van der Waals surface area (Å²) in [5, 5.41) is 0.872. The maximum absolute atomic E-state index is 12.1. The second-order valence-electron chi connectivity index (χ2n) is 5.22. The number of fused-ring (bicyclic) bond motifs is 3. The van der Waals surface area contributed by atoms with Crippen molar-refractivity contribution in [1.82, 2.24) is 0 Å². The predicted octanol–water partition coefficient (Wildman–Crippen LogP) is 4.20. The van der Waals surface area contributed by atoms with Crippen LogP contribution in [0, 0.1) is 6.92 Å². The molecule has 0 saturated carbocycles. The summed E-state index contributed by atoms with van der Waals surface area (Å²) in [6.45, 7) is 2.13. The van der Waals surface area contributed by atoms with E-state index < -0.39 is 0 Å². The van der Waals surface area contributed by atoms with Gasteiger partial charge in [0, 0.05) is 16.9 Å². The van der Waals surface area contributed by atoms with E-state index in [1.165, 1.54) is 16.7 Å². The first-order chi connectivity index (χ1) is 10.3. The lowest BCUT2D eigenvalue weighted by molar-refractivity contribution is 0.100. The van der Waals surface area contributed by atoms with Crippen LogP contribution in [-0.4, -0.2) is 16.7 Å². The van der Waals surface area contributed by atoms with Crippen LogP contribution in [0.5, 0.6) is 0 Å². The number of carbonyl (C=O) groups is 1. The molecule has 1 amide bonds. The summed E-state index contributed by atoms with van der Waals surface area (Å²) < 4.78 is 0. The summed E-state index contributed by atoms with van der Waals surface area (Å²) in [5.74, 6) is 0.753. The third-order valence-electron chi connectivity index (χ3n) is 3.97. The normalized spacial score (nSPS) is 16.6. The Morgan fingerprint density at radius 2 is 1.62 bits per heavy atom. The fourth-order valence-corrected chi connectivity index (χ4v) is 4.05. The van der Waals surface area contributed by atoms with Gasteiger partial charge in [0.25, 0.3) is 5.91 Å². The van der Waals surface area contributed by atoms with Crippen molar-refractivity contribution < 1.29 is 4.79 Å². The maximum atomic E-state index is 12.1. The summed E-state index contributed by atoms with van der Waals surface area (Å²) in [6.07, 6.45) is 0. The second kappa shape index (κ2) is 4.71. The highest BCUT2D eigenvalue weighted by molar-refractivity contribution is 8.16. The van der Waals surface area contributed by atoms with Gasteiger partial charge in [0.15, 0.2) is 0 Å². The minimum Gasteiger partial charge on any atom is -0.267 e. The van der Waals surface area contributed by atoms with E-state index in [1.54, 1.807) is 11.8 Å². The molecular formula is C18H13NOS. The average Bonchev–Trinajstić information content (AvgIpc) is 2.92. The molecule has 0 saturated heterocycles. The van der Waals surface area contributed by atoms with Crippen molar-refractivity contribution in [2.75, 3.05) is 5.75 Å². The molecule has 3 heteroatoms. The summed E-state index contributed by atoms with van der Waals surface area (Å²) in [7, 11) is 0. The molecule has 0 fully saturated rings. The van der Waals surface area contributed by atoms with Crippen LogP contribution in [0.1, 0.15) is 27.0 Å². The molecule has 2 nitrogen and oxygen atoms in total. The van der Waals surface area contributed by atoms with Gasteiger partial charge in [-0.1, -0.05) is 42.5 Å². The lowest BCUT2D eigenvalue weighted by atomic mass is 9.90. The van der Waals surface area contributed by atoms with Crippen LogP contribution in [-0.2, 0) is 0 Å². The summed E-state index contributed by atoms with van der Waals surface area (Å²) in [4.78, 5) is 16.4. The summed E-state index contributed by atoms with van der Waals surface area (Å²) in [6, 6.07) is 16.2. The van der Waals surface area contributed by atoms with Crippen molar-refractivity contribution in [3.8, 4) is 0 Å². The zero-order valence-electron chi connectivity index (χ0n) is 11.6. The standard InChI is InChI=1S/C18H13NOS/c1-11-6-2-3-7-12(11)15-10-21-18-16(15)13-8-4-5-9-14(13)17(20)19-18/h2-9H,10H2,1H3. The van der Waals surface area contributed by atoms with Gasteiger partial charge < -0.3 is 0 Å². The average molecular weight is 291 g/mol. The van der Waals surface area contributed by atoms with Crippen LogP contribution >= 0.6 is 11.8 Å². The Balaban J connectivity index is 2.02. The van der Waals surface area contributed by atoms with E-state index in [0.29, 0.717) is 5.56 Å². The Morgan fingerprint density at radius 3 is 2.38 bits per heavy atom. The lowest BCUT2D eigenvalue weighted by Gasteiger charge is -2.16. The zero-order chi connectivity index (χ0) is 14.4. The molecule has 2 aromatic carbocycles. The summed E-state index contributed by atoms with van der Waals surface area (Å²) >= 11 is 1.66. The smallest absolute Gasteiger partial charge is 0.267 e. The predicted molar refractivity (Wildman–Crippen MR) is 88.7 cm³/mol. The van der Waals surface area contributed by atoms with E-state index >= 15 is 0 Å². The molecular weight excluding hydrogens is 278 g/mol. The SMILES string of the molecule is Cc1ccccc1C1=C2C(=NC(=O)c3ccccc32)SC1. The van der Waals surface area contributed by atoms with Crippen molar-refractivity contribution in [2.45, 2.75) is 6.92 Å². The number of amides is 1. The van der Waals surface area contributed by atoms with E-state index in [9.17, 15) is 4.79 Å². The van der Waals surface area contributed by atoms with Gasteiger partial charge in [0.1, 0.15) is 5.04 Å². The van der Waals surface area contributed by atoms with Crippen LogP contribution in [0.15, 0.2) is 53.5 Å². The van der Waals surface area contributed by atoms with Gasteiger partial charge in [-0.15, -0.1) is 11.8 Å². The largest absolute Gasteiger partial charge is 0.278 e. The molecule has 102 valence electrons. The van der Waals surface area contributed by atoms with Gasteiger partial charge in [0.2, 0.25) is 0 Å². The van der Waals surface area contributed by atoms with Crippen molar-refractivity contribution in [2.24, 2.45) is 4.99 Å². The monoisotopic (exact) mass is 291 g/mol. The second-order valence-corrected chi connectivity index (χ2v) is 6.19. The van der Waals surface area contributed by atoms with Crippen LogP contribution in [0.2, 0.25) is 0 Å². The Labute approximate surface area is 127 Å². The first-order valence-corrected chi connectivity index (χ1v) is 7.89. The number of hydrogen-bond donors (Lipinski definition) is 0. The molecule has 0 N–H and O–H groups in total. The highest BCUT2D eigenvalue weighted by Gasteiger charge is 2.31. The maximum Gasteiger partial charge on any atom is 0.278 e. The minimum atomic E-state index is -0.122. The van der Waals surface area contributed by atoms with Crippen molar-refractivity contribution in [3.05, 3.63) is 70.8 Å². The molecule has 0 atom stereocenters. The number of aliphatic imine (C=N–C) groups is 1. The molecule has 4 rings (SSSR count). The quantitative estimate of drug-likeness (QED) is 0.788. The Morgan fingerprint density at radius 1 is 0.952 bits per heavy atom. The zero-order valence-corrected chi connectivity index (χ0v) is 12.4. The van der Waals surface area contributed by atoms with Gasteiger partial charge >= 0.3 is 0 Å². The molecule has 0 spiro atoms. The van der Waals surface area contributed by atoms with Gasteiger partial charge in [0.05, 0.1) is 0 Å². The number of rotatable bonds is 1. The van der Waals surface area contributed by atoms with E-state index in [2.05, 4.69) is 36.2 Å². The number of thioether (sulfide) groups is 1. The Kier molecular flexibility index (Phi) is 2.82.